The summed E-state index contributed by atoms with van der Waals surface area (Å²) in [5.41, 5.74) is 4.84. The van der Waals surface area contributed by atoms with Gasteiger partial charge < -0.3 is 15.2 Å². The fraction of sp³-hybridized carbons (Fsp3) is 0.500. The van der Waals surface area contributed by atoms with Crippen molar-refractivity contribution in [2.45, 2.75) is 57.3 Å². The van der Waals surface area contributed by atoms with Gasteiger partial charge in [0, 0.05) is 36.0 Å². The average Bonchev–Trinajstić information content (AvgIpc) is 3.27. The van der Waals surface area contributed by atoms with E-state index < -0.39 is 18.3 Å². The second kappa shape index (κ2) is 8.90. The van der Waals surface area contributed by atoms with Crippen LogP contribution in [0.25, 0.3) is 6.08 Å². The Balaban J connectivity index is 1.28. The van der Waals surface area contributed by atoms with Gasteiger partial charge in [-0.25, -0.2) is 5.43 Å². The Labute approximate surface area is 213 Å². The highest BCUT2D eigenvalue weighted by Gasteiger charge is 2.43. The van der Waals surface area contributed by atoms with Crippen LogP contribution in [0, 0.1) is 0 Å². The molecule has 2 amide bonds. The van der Waals surface area contributed by atoms with Crippen LogP contribution >= 0.6 is 0 Å². The van der Waals surface area contributed by atoms with Crippen molar-refractivity contribution in [2.24, 2.45) is 0 Å². The molecule has 4 heterocycles. The predicted octanol–water partition coefficient (Wildman–Crippen LogP) is 3.50. The summed E-state index contributed by atoms with van der Waals surface area (Å²) >= 11 is 0. The summed E-state index contributed by atoms with van der Waals surface area (Å²) in [6, 6.07) is 5.10. The van der Waals surface area contributed by atoms with Gasteiger partial charge >= 0.3 is 6.18 Å². The predicted molar refractivity (Wildman–Crippen MR) is 133 cm³/mol. The van der Waals surface area contributed by atoms with Crippen molar-refractivity contribution in [1.82, 2.24) is 25.4 Å². The zero-order chi connectivity index (χ0) is 26.6. The average molecular weight is 517 g/mol. The number of anilines is 1. The van der Waals surface area contributed by atoms with Gasteiger partial charge in [-0.3, -0.25) is 14.3 Å². The summed E-state index contributed by atoms with van der Waals surface area (Å²) < 4.78 is 40.1. The third-order valence-corrected chi connectivity index (χ3v) is 7.23. The first-order valence-corrected chi connectivity index (χ1v) is 12.4. The van der Waals surface area contributed by atoms with Crippen molar-refractivity contribution in [1.29, 1.82) is 0 Å². The fourth-order valence-electron chi connectivity index (χ4n) is 5.17. The molecule has 8 nitrogen and oxygen atoms in total. The van der Waals surface area contributed by atoms with Gasteiger partial charge in [0.1, 0.15) is 6.54 Å². The molecule has 0 bridgehead atoms. The molecule has 0 atom stereocenters. The monoisotopic (exact) mass is 516 g/mol. The lowest BCUT2D eigenvalue weighted by Gasteiger charge is -2.44. The lowest BCUT2D eigenvalue weighted by atomic mass is 9.79. The van der Waals surface area contributed by atoms with Crippen molar-refractivity contribution >= 4 is 23.6 Å². The van der Waals surface area contributed by atoms with E-state index >= 15 is 0 Å². The fourth-order valence-corrected chi connectivity index (χ4v) is 5.17. The van der Waals surface area contributed by atoms with Crippen LogP contribution in [0.1, 0.15) is 65.6 Å². The molecular formula is C26H31F3N6O2. The molecule has 0 radical (unpaired) electrons. The van der Waals surface area contributed by atoms with Gasteiger partial charge in [0.05, 0.1) is 17.8 Å². The van der Waals surface area contributed by atoms with E-state index in [2.05, 4.69) is 15.8 Å². The molecule has 1 spiro atoms. The molecule has 11 heteroatoms. The van der Waals surface area contributed by atoms with Crippen LogP contribution in [0.3, 0.4) is 0 Å². The molecule has 2 N–H and O–H groups in total. The highest BCUT2D eigenvalue weighted by atomic mass is 19.4. The normalized spacial score (nSPS) is 19.0. The van der Waals surface area contributed by atoms with Gasteiger partial charge in [0.25, 0.3) is 11.8 Å². The van der Waals surface area contributed by atoms with E-state index in [0.717, 1.165) is 11.1 Å². The summed E-state index contributed by atoms with van der Waals surface area (Å²) in [7, 11) is 0. The van der Waals surface area contributed by atoms with Crippen LogP contribution in [-0.4, -0.2) is 64.4 Å². The first-order valence-electron chi connectivity index (χ1n) is 12.4. The van der Waals surface area contributed by atoms with Crippen LogP contribution in [0.5, 0.6) is 0 Å². The van der Waals surface area contributed by atoms with E-state index in [1.807, 2.05) is 37.7 Å². The number of rotatable bonds is 3. The smallest absolute Gasteiger partial charge is 0.345 e. The number of benzene rings is 1. The molecule has 0 unspecified atom stereocenters. The number of nitrogens with one attached hydrogen (secondary N) is 2. The summed E-state index contributed by atoms with van der Waals surface area (Å²) in [6.07, 6.45) is 3.09. The van der Waals surface area contributed by atoms with Crippen LogP contribution in [0.15, 0.2) is 30.5 Å². The zero-order valence-electron chi connectivity index (χ0n) is 21.2. The van der Waals surface area contributed by atoms with Crippen LogP contribution in [0.2, 0.25) is 0 Å². The number of amides is 2. The number of fused-ring (bicyclic) bond motifs is 2. The SMILES string of the molecule is CC(C)(C)n1cc2c(n1)C(=O)NC1(CCN(C(=O)c3ccc4c(c3)N(NCC(F)(F)F)CC=C4)CC1)C2. The van der Waals surface area contributed by atoms with Crippen molar-refractivity contribution in [3.05, 3.63) is 52.9 Å². The number of halogens is 3. The number of hydrogen-bond acceptors (Lipinski definition) is 5. The second-order valence-electron chi connectivity index (χ2n) is 11.1. The Morgan fingerprint density at radius 2 is 1.92 bits per heavy atom. The molecule has 0 saturated carbocycles. The Morgan fingerprint density at radius 1 is 1.19 bits per heavy atom. The first-order chi connectivity index (χ1) is 17.3. The molecule has 3 aliphatic heterocycles. The Bertz CT molecular complexity index is 1250. The van der Waals surface area contributed by atoms with Crippen molar-refractivity contribution in [3.8, 4) is 0 Å². The number of nitrogens with zero attached hydrogens (tertiary/aromatic N) is 4. The number of hydrazine groups is 1. The molecule has 2 aromatic rings. The Kier molecular flexibility index (Phi) is 6.09. The lowest BCUT2D eigenvalue weighted by molar-refractivity contribution is -0.125. The van der Waals surface area contributed by atoms with Gasteiger partial charge in [-0.1, -0.05) is 18.2 Å². The number of aromatic nitrogens is 2. The Morgan fingerprint density at radius 3 is 2.59 bits per heavy atom. The maximum Gasteiger partial charge on any atom is 0.402 e. The zero-order valence-corrected chi connectivity index (χ0v) is 21.2. The first kappa shape index (κ1) is 25.3. The van der Waals surface area contributed by atoms with Gasteiger partial charge in [-0.15, -0.1) is 0 Å². The van der Waals surface area contributed by atoms with Crippen molar-refractivity contribution in [3.63, 3.8) is 0 Å². The van der Waals surface area contributed by atoms with E-state index in [4.69, 9.17) is 0 Å². The number of carbonyl (C=O) groups excluding carboxylic acids is 2. The summed E-state index contributed by atoms with van der Waals surface area (Å²) in [4.78, 5) is 28.0. The third kappa shape index (κ3) is 5.09. The molecule has 1 aromatic carbocycles. The van der Waals surface area contributed by atoms with Gasteiger partial charge in [-0.2, -0.15) is 18.3 Å². The molecule has 1 saturated heterocycles. The minimum Gasteiger partial charge on any atom is -0.345 e. The summed E-state index contributed by atoms with van der Waals surface area (Å²) in [6.45, 7) is 6.14. The second-order valence-corrected chi connectivity index (χ2v) is 11.1. The van der Waals surface area contributed by atoms with Crippen LogP contribution in [0.4, 0.5) is 18.9 Å². The van der Waals surface area contributed by atoms with Crippen LogP contribution in [-0.2, 0) is 12.0 Å². The van der Waals surface area contributed by atoms with E-state index in [-0.39, 0.29) is 23.9 Å². The molecule has 3 aliphatic rings. The number of carbonyl (C=O) groups is 2. The summed E-state index contributed by atoms with van der Waals surface area (Å²) in [5, 5.41) is 9.07. The van der Waals surface area contributed by atoms with Gasteiger partial charge in [-0.05, 0) is 57.7 Å². The molecule has 1 aromatic heterocycles. The van der Waals surface area contributed by atoms with E-state index in [9.17, 15) is 22.8 Å². The molecule has 198 valence electrons. The van der Waals surface area contributed by atoms with Crippen LogP contribution < -0.4 is 15.8 Å². The van der Waals surface area contributed by atoms with E-state index in [1.165, 1.54) is 5.01 Å². The van der Waals surface area contributed by atoms with Crippen molar-refractivity contribution in [2.75, 3.05) is 31.2 Å². The highest BCUT2D eigenvalue weighted by Crippen LogP contribution is 2.34. The molecule has 0 aliphatic carbocycles. The number of alkyl halides is 3. The maximum absolute atomic E-state index is 13.3. The number of likely N-dealkylation sites (tertiary alicyclic amines) is 1. The number of hydrogen-bond donors (Lipinski definition) is 2. The minimum absolute atomic E-state index is 0.175. The standard InChI is InChI=1S/C26H31F3N6O2/c1-24(2,3)35-15-19-14-25(31-22(36)21(19)32-35)8-11-33(12-9-25)23(37)18-7-6-17-5-4-10-34(20(17)13-18)30-16-26(27,28)29/h4-7,13,15,30H,8-12,14,16H2,1-3H3,(H,31,36). The molecule has 5 rings (SSSR count). The summed E-state index contributed by atoms with van der Waals surface area (Å²) in [5.74, 6) is -0.357. The molecule has 37 heavy (non-hydrogen) atoms. The van der Waals surface area contributed by atoms with Gasteiger partial charge in [0.15, 0.2) is 5.69 Å². The third-order valence-electron chi connectivity index (χ3n) is 7.23. The highest BCUT2D eigenvalue weighted by molar-refractivity contribution is 5.97. The Hall–Kier alpha value is -3.34. The minimum atomic E-state index is -4.35. The van der Waals surface area contributed by atoms with Crippen molar-refractivity contribution < 1.29 is 22.8 Å². The van der Waals surface area contributed by atoms with E-state index in [0.29, 0.717) is 49.3 Å². The van der Waals surface area contributed by atoms with Gasteiger partial charge in [0.2, 0.25) is 0 Å². The maximum atomic E-state index is 13.3. The lowest BCUT2D eigenvalue weighted by Crippen LogP contribution is -2.59. The molecular weight excluding hydrogens is 485 g/mol. The topological polar surface area (TPSA) is 82.5 Å². The molecule has 1 fully saturated rings. The largest absolute Gasteiger partial charge is 0.402 e. The van der Waals surface area contributed by atoms with E-state index in [1.54, 1.807) is 29.2 Å². The quantitative estimate of drug-likeness (QED) is 0.653. The number of piperidine rings is 1.